The van der Waals surface area contributed by atoms with E-state index in [-0.39, 0.29) is 11.6 Å². The maximum atomic E-state index is 11.3. The molecule has 0 amide bonds. The molecule has 3 N–H and O–H groups in total. The third-order valence-corrected chi connectivity index (χ3v) is 2.93. The number of hydrogen-bond donors (Lipinski definition) is 2. The van der Waals surface area contributed by atoms with Gasteiger partial charge in [0.2, 0.25) is 0 Å². The number of hydrogen-bond acceptors (Lipinski definition) is 3. The van der Waals surface area contributed by atoms with Gasteiger partial charge in [-0.25, -0.2) is 4.79 Å². The van der Waals surface area contributed by atoms with Crippen LogP contribution in [0.1, 0.15) is 29.8 Å². The van der Waals surface area contributed by atoms with E-state index < -0.39 is 0 Å². The number of nitrogen functional groups attached to an aromatic ring is 1. The Morgan fingerprint density at radius 1 is 1.33 bits per heavy atom. The van der Waals surface area contributed by atoms with Gasteiger partial charge in [-0.1, -0.05) is 19.1 Å². The molecule has 94 valence electrons. The summed E-state index contributed by atoms with van der Waals surface area (Å²) >= 11 is 0. The van der Waals surface area contributed by atoms with Gasteiger partial charge in [-0.2, -0.15) is 4.98 Å². The largest absolute Gasteiger partial charge is 0.399 e. The number of aromatic amines is 1. The number of anilines is 1. The maximum absolute atomic E-state index is 11.3. The van der Waals surface area contributed by atoms with Crippen LogP contribution in [-0.4, -0.2) is 9.97 Å². The van der Waals surface area contributed by atoms with Crippen molar-refractivity contribution in [2.24, 2.45) is 0 Å². The minimum Gasteiger partial charge on any atom is -0.399 e. The first-order valence-corrected chi connectivity index (χ1v) is 5.97. The fourth-order valence-corrected chi connectivity index (χ4v) is 1.97. The predicted octanol–water partition coefficient (Wildman–Crippen LogP) is 2.01. The van der Waals surface area contributed by atoms with Crippen LogP contribution in [0.15, 0.2) is 35.1 Å². The van der Waals surface area contributed by atoms with Gasteiger partial charge in [0, 0.05) is 17.3 Å². The van der Waals surface area contributed by atoms with Crippen molar-refractivity contribution in [3.8, 4) is 0 Å². The molecule has 0 saturated carbocycles. The second-order valence-corrected chi connectivity index (χ2v) is 4.64. The lowest BCUT2D eigenvalue weighted by Gasteiger charge is -2.11. The van der Waals surface area contributed by atoms with Gasteiger partial charge in [0.05, 0.1) is 5.69 Å². The van der Waals surface area contributed by atoms with Crippen LogP contribution < -0.4 is 11.4 Å². The Labute approximate surface area is 106 Å². The molecular weight excluding hydrogens is 226 g/mol. The van der Waals surface area contributed by atoms with E-state index in [1.165, 1.54) is 5.56 Å². The Morgan fingerprint density at radius 3 is 2.61 bits per heavy atom. The molecule has 0 fully saturated rings. The molecule has 2 aromatic rings. The molecule has 0 aliphatic rings. The Kier molecular flexibility index (Phi) is 3.46. The number of aryl methyl sites for hydroxylation is 1. The Balaban J connectivity index is 2.18. The lowest BCUT2D eigenvalue weighted by atomic mass is 9.97. The predicted molar refractivity (Wildman–Crippen MR) is 72.6 cm³/mol. The second kappa shape index (κ2) is 5.04. The molecule has 4 nitrogen and oxygen atoms in total. The first-order chi connectivity index (χ1) is 8.54. The Hall–Kier alpha value is -2.10. The van der Waals surface area contributed by atoms with E-state index >= 15 is 0 Å². The van der Waals surface area contributed by atoms with Crippen molar-refractivity contribution < 1.29 is 0 Å². The van der Waals surface area contributed by atoms with Gasteiger partial charge in [0.15, 0.2) is 0 Å². The van der Waals surface area contributed by atoms with Crippen LogP contribution in [0.2, 0.25) is 0 Å². The molecule has 0 aliphatic carbocycles. The van der Waals surface area contributed by atoms with Crippen molar-refractivity contribution in [3.05, 3.63) is 57.8 Å². The minimum absolute atomic E-state index is 0.203. The first-order valence-electron chi connectivity index (χ1n) is 5.97. The molecule has 0 radical (unpaired) electrons. The summed E-state index contributed by atoms with van der Waals surface area (Å²) in [4.78, 5) is 18.0. The number of rotatable bonds is 3. The van der Waals surface area contributed by atoms with Gasteiger partial charge in [0.1, 0.15) is 0 Å². The molecule has 1 aromatic heterocycles. The summed E-state index contributed by atoms with van der Waals surface area (Å²) in [6.07, 6.45) is 0.843. The topological polar surface area (TPSA) is 71.8 Å². The smallest absolute Gasteiger partial charge is 0.345 e. The van der Waals surface area contributed by atoms with Crippen LogP contribution in [0.25, 0.3) is 0 Å². The van der Waals surface area contributed by atoms with Gasteiger partial charge < -0.3 is 10.7 Å². The average molecular weight is 243 g/mol. The van der Waals surface area contributed by atoms with Crippen molar-refractivity contribution >= 4 is 5.69 Å². The second-order valence-electron chi connectivity index (χ2n) is 4.64. The van der Waals surface area contributed by atoms with Crippen molar-refractivity contribution in [2.75, 3.05) is 5.73 Å². The average Bonchev–Trinajstić information content (AvgIpc) is 2.31. The SMILES string of the molecule is Cc1cc(C(C)Cc2ccc(N)cc2)nc(=O)[nH]1. The molecule has 2 rings (SSSR count). The van der Waals surface area contributed by atoms with E-state index in [1.54, 1.807) is 0 Å². The molecule has 1 atom stereocenters. The third kappa shape index (κ3) is 2.97. The van der Waals surface area contributed by atoms with Crippen LogP contribution in [0.3, 0.4) is 0 Å². The molecule has 1 unspecified atom stereocenters. The summed E-state index contributed by atoms with van der Waals surface area (Å²) in [7, 11) is 0. The van der Waals surface area contributed by atoms with E-state index in [1.807, 2.05) is 37.3 Å². The van der Waals surface area contributed by atoms with Crippen LogP contribution >= 0.6 is 0 Å². The highest BCUT2D eigenvalue weighted by Gasteiger charge is 2.09. The zero-order valence-corrected chi connectivity index (χ0v) is 10.6. The van der Waals surface area contributed by atoms with E-state index in [2.05, 4.69) is 16.9 Å². The molecular formula is C14H17N3O. The van der Waals surface area contributed by atoms with Gasteiger partial charge in [-0.05, 0) is 37.1 Å². The van der Waals surface area contributed by atoms with E-state index in [0.29, 0.717) is 0 Å². The minimum atomic E-state index is -0.283. The quantitative estimate of drug-likeness (QED) is 0.810. The van der Waals surface area contributed by atoms with Gasteiger partial charge >= 0.3 is 5.69 Å². The number of nitrogens with zero attached hydrogens (tertiary/aromatic N) is 1. The molecule has 4 heteroatoms. The highest BCUT2D eigenvalue weighted by Crippen LogP contribution is 2.18. The zero-order chi connectivity index (χ0) is 13.1. The molecule has 0 aliphatic heterocycles. The molecule has 1 aromatic carbocycles. The molecule has 0 bridgehead atoms. The number of aromatic nitrogens is 2. The van der Waals surface area contributed by atoms with Crippen molar-refractivity contribution in [3.63, 3.8) is 0 Å². The van der Waals surface area contributed by atoms with Crippen LogP contribution in [0.5, 0.6) is 0 Å². The van der Waals surface area contributed by atoms with E-state index in [4.69, 9.17) is 5.73 Å². The number of nitrogens with two attached hydrogens (primary N) is 1. The highest BCUT2D eigenvalue weighted by atomic mass is 16.1. The van der Waals surface area contributed by atoms with Gasteiger partial charge in [0.25, 0.3) is 0 Å². The van der Waals surface area contributed by atoms with E-state index in [9.17, 15) is 4.79 Å². The summed E-state index contributed by atoms with van der Waals surface area (Å²) in [5.74, 6) is 0.203. The number of H-pyrrole nitrogens is 1. The summed E-state index contributed by atoms with van der Waals surface area (Å²) < 4.78 is 0. The Bertz CT molecular complexity index is 587. The summed E-state index contributed by atoms with van der Waals surface area (Å²) in [5, 5.41) is 0. The lowest BCUT2D eigenvalue weighted by Crippen LogP contribution is -2.16. The third-order valence-electron chi connectivity index (χ3n) is 2.93. The maximum Gasteiger partial charge on any atom is 0.345 e. The Morgan fingerprint density at radius 2 is 2.00 bits per heavy atom. The van der Waals surface area contributed by atoms with Gasteiger partial charge in [-0.3, -0.25) is 0 Å². The van der Waals surface area contributed by atoms with E-state index in [0.717, 1.165) is 23.5 Å². The van der Waals surface area contributed by atoms with Gasteiger partial charge in [-0.15, -0.1) is 0 Å². The summed E-state index contributed by atoms with van der Waals surface area (Å²) in [6, 6.07) is 9.71. The monoisotopic (exact) mass is 243 g/mol. The number of benzene rings is 1. The fraction of sp³-hybridized carbons (Fsp3) is 0.286. The normalized spacial score (nSPS) is 12.3. The molecule has 0 spiro atoms. The molecule has 1 heterocycles. The van der Waals surface area contributed by atoms with Crippen LogP contribution in [0.4, 0.5) is 5.69 Å². The van der Waals surface area contributed by atoms with Crippen molar-refractivity contribution in [1.29, 1.82) is 0 Å². The standard InChI is InChI=1S/C14H17N3O/c1-9(7-11-3-5-12(15)6-4-11)13-8-10(2)16-14(18)17-13/h3-6,8-9H,7,15H2,1-2H3,(H,16,17,18). The molecule has 0 saturated heterocycles. The summed E-state index contributed by atoms with van der Waals surface area (Å²) in [5.41, 5.74) is 8.99. The lowest BCUT2D eigenvalue weighted by molar-refractivity contribution is 0.717. The van der Waals surface area contributed by atoms with Crippen LogP contribution in [0, 0.1) is 6.92 Å². The highest BCUT2D eigenvalue weighted by molar-refractivity contribution is 5.39. The fourth-order valence-electron chi connectivity index (χ4n) is 1.97. The van der Waals surface area contributed by atoms with Crippen molar-refractivity contribution in [1.82, 2.24) is 9.97 Å². The summed E-state index contributed by atoms with van der Waals surface area (Å²) in [6.45, 7) is 3.93. The zero-order valence-electron chi connectivity index (χ0n) is 10.6. The molecule has 18 heavy (non-hydrogen) atoms. The van der Waals surface area contributed by atoms with Crippen LogP contribution in [-0.2, 0) is 6.42 Å². The first kappa shape index (κ1) is 12.4. The van der Waals surface area contributed by atoms with Crippen molar-refractivity contribution in [2.45, 2.75) is 26.2 Å². The number of nitrogens with one attached hydrogen (secondary N) is 1.